The van der Waals surface area contributed by atoms with E-state index < -0.39 is 0 Å². The molecular formula is C16H24O2. The maximum absolute atomic E-state index is 11.5. The van der Waals surface area contributed by atoms with Crippen LogP contribution in [0, 0.1) is 5.92 Å². The van der Waals surface area contributed by atoms with Gasteiger partial charge in [-0.3, -0.25) is 9.59 Å². The second-order valence-corrected chi connectivity index (χ2v) is 5.21. The van der Waals surface area contributed by atoms with Gasteiger partial charge in [-0.15, -0.1) is 0 Å². The van der Waals surface area contributed by atoms with Gasteiger partial charge in [-0.25, -0.2) is 0 Å². The topological polar surface area (TPSA) is 34.1 Å². The third-order valence-electron chi connectivity index (χ3n) is 3.69. The van der Waals surface area contributed by atoms with E-state index >= 15 is 0 Å². The highest BCUT2D eigenvalue weighted by molar-refractivity contribution is 6.08. The van der Waals surface area contributed by atoms with Gasteiger partial charge in [0.2, 0.25) is 0 Å². The highest BCUT2D eigenvalue weighted by Crippen LogP contribution is 2.22. The molecule has 1 saturated carbocycles. The number of hydrogen-bond donors (Lipinski definition) is 0. The minimum absolute atomic E-state index is 0.130. The van der Waals surface area contributed by atoms with E-state index in [-0.39, 0.29) is 17.5 Å². The van der Waals surface area contributed by atoms with Gasteiger partial charge < -0.3 is 0 Å². The fraction of sp³-hybridized carbons (Fsp3) is 0.625. The summed E-state index contributed by atoms with van der Waals surface area (Å²) in [5.74, 6) is -0.0792. The normalized spacial score (nSPS) is 18.8. The molecule has 18 heavy (non-hydrogen) atoms. The fourth-order valence-corrected chi connectivity index (χ4v) is 2.15. The molecule has 1 aliphatic rings. The number of Topliss-reactive ketones (excluding diaryl/α,β-unsaturated/α-hetero) is 2. The third-order valence-corrected chi connectivity index (χ3v) is 3.69. The SMILES string of the molecule is CCC(C)=CCCC(C)=CCC1C(=O)CCC1=O. The van der Waals surface area contributed by atoms with Crippen LogP contribution in [-0.2, 0) is 9.59 Å². The maximum atomic E-state index is 11.5. The molecule has 0 amide bonds. The van der Waals surface area contributed by atoms with E-state index in [4.69, 9.17) is 0 Å². The Morgan fingerprint density at radius 3 is 2.28 bits per heavy atom. The Kier molecular flexibility index (Phi) is 6.03. The first kappa shape index (κ1) is 14.9. The van der Waals surface area contributed by atoms with E-state index in [1.807, 2.05) is 0 Å². The zero-order valence-electron chi connectivity index (χ0n) is 11.8. The Morgan fingerprint density at radius 2 is 1.72 bits per heavy atom. The highest BCUT2D eigenvalue weighted by atomic mass is 16.2. The van der Waals surface area contributed by atoms with Gasteiger partial charge in [0.15, 0.2) is 0 Å². The Balaban J connectivity index is 2.38. The molecule has 0 aromatic rings. The van der Waals surface area contributed by atoms with E-state index in [0.29, 0.717) is 19.3 Å². The first-order valence-corrected chi connectivity index (χ1v) is 6.91. The summed E-state index contributed by atoms with van der Waals surface area (Å²) in [7, 11) is 0. The lowest BCUT2D eigenvalue weighted by atomic mass is 9.99. The Bertz CT molecular complexity index is 359. The monoisotopic (exact) mass is 248 g/mol. The van der Waals surface area contributed by atoms with Gasteiger partial charge in [-0.2, -0.15) is 0 Å². The number of ketones is 2. The molecule has 1 fully saturated rings. The van der Waals surface area contributed by atoms with Crippen LogP contribution in [0.25, 0.3) is 0 Å². The van der Waals surface area contributed by atoms with Crippen LogP contribution in [0.15, 0.2) is 23.3 Å². The minimum atomic E-state index is -0.340. The summed E-state index contributed by atoms with van der Waals surface area (Å²) in [5.41, 5.74) is 2.70. The highest BCUT2D eigenvalue weighted by Gasteiger charge is 2.31. The van der Waals surface area contributed by atoms with Crippen LogP contribution in [0.5, 0.6) is 0 Å². The molecule has 0 unspecified atom stereocenters. The molecule has 100 valence electrons. The summed E-state index contributed by atoms with van der Waals surface area (Å²) in [4.78, 5) is 23.0. The second kappa shape index (κ2) is 7.30. The number of carbonyl (C=O) groups is 2. The van der Waals surface area contributed by atoms with Crippen LogP contribution in [0.3, 0.4) is 0 Å². The van der Waals surface area contributed by atoms with Crippen LogP contribution in [0.2, 0.25) is 0 Å². The predicted molar refractivity (Wildman–Crippen MR) is 74.4 cm³/mol. The van der Waals surface area contributed by atoms with E-state index in [0.717, 1.165) is 19.3 Å². The predicted octanol–water partition coefficient (Wildman–Crippen LogP) is 4.01. The Morgan fingerprint density at radius 1 is 1.11 bits per heavy atom. The smallest absolute Gasteiger partial charge is 0.144 e. The third kappa shape index (κ3) is 4.59. The van der Waals surface area contributed by atoms with E-state index in [1.165, 1.54) is 11.1 Å². The molecule has 2 nitrogen and oxygen atoms in total. The number of rotatable bonds is 6. The summed E-state index contributed by atoms with van der Waals surface area (Å²) < 4.78 is 0. The molecule has 0 aromatic heterocycles. The molecule has 2 heteroatoms. The van der Waals surface area contributed by atoms with Crippen molar-refractivity contribution in [1.82, 2.24) is 0 Å². The van der Waals surface area contributed by atoms with Crippen LogP contribution >= 0.6 is 0 Å². The van der Waals surface area contributed by atoms with Gasteiger partial charge in [-0.1, -0.05) is 30.2 Å². The van der Waals surface area contributed by atoms with Crippen molar-refractivity contribution >= 4 is 11.6 Å². The lowest BCUT2D eigenvalue weighted by Gasteiger charge is -2.04. The molecule has 0 aliphatic heterocycles. The standard InChI is InChI=1S/C16H24O2/c1-4-12(2)6-5-7-13(3)8-9-14-15(17)10-11-16(14)18/h6,8,14H,4-5,7,9-11H2,1-3H3. The number of carbonyl (C=O) groups excluding carboxylic acids is 2. The Labute approximate surface area is 110 Å². The quantitative estimate of drug-likeness (QED) is 0.526. The molecule has 0 saturated heterocycles. The molecule has 0 atom stereocenters. The fourth-order valence-electron chi connectivity index (χ4n) is 2.15. The zero-order chi connectivity index (χ0) is 13.5. The minimum Gasteiger partial charge on any atom is -0.299 e. The van der Waals surface area contributed by atoms with Crippen molar-refractivity contribution < 1.29 is 9.59 Å². The molecule has 1 rings (SSSR count). The summed E-state index contributed by atoms with van der Waals surface area (Å²) >= 11 is 0. The summed E-state index contributed by atoms with van der Waals surface area (Å²) in [5, 5.41) is 0. The van der Waals surface area contributed by atoms with Crippen molar-refractivity contribution in [3.05, 3.63) is 23.3 Å². The zero-order valence-corrected chi connectivity index (χ0v) is 11.8. The van der Waals surface area contributed by atoms with Crippen molar-refractivity contribution in [3.8, 4) is 0 Å². The summed E-state index contributed by atoms with van der Waals surface area (Å²) in [6.07, 6.45) is 9.03. The van der Waals surface area contributed by atoms with E-state index in [9.17, 15) is 9.59 Å². The molecular weight excluding hydrogens is 224 g/mol. The largest absolute Gasteiger partial charge is 0.299 e. The van der Waals surface area contributed by atoms with Gasteiger partial charge >= 0.3 is 0 Å². The van der Waals surface area contributed by atoms with Crippen molar-refractivity contribution in [2.45, 2.75) is 59.3 Å². The molecule has 0 spiro atoms. The average molecular weight is 248 g/mol. The van der Waals surface area contributed by atoms with Crippen LogP contribution in [-0.4, -0.2) is 11.6 Å². The van der Waals surface area contributed by atoms with Gasteiger partial charge in [0.25, 0.3) is 0 Å². The summed E-state index contributed by atoms with van der Waals surface area (Å²) in [6.45, 7) is 6.39. The molecule has 0 radical (unpaired) electrons. The molecule has 1 aliphatic carbocycles. The maximum Gasteiger partial charge on any atom is 0.144 e. The van der Waals surface area contributed by atoms with Crippen molar-refractivity contribution in [2.24, 2.45) is 5.92 Å². The lowest BCUT2D eigenvalue weighted by Crippen LogP contribution is -2.13. The van der Waals surface area contributed by atoms with Crippen molar-refractivity contribution in [3.63, 3.8) is 0 Å². The van der Waals surface area contributed by atoms with Crippen molar-refractivity contribution in [1.29, 1.82) is 0 Å². The van der Waals surface area contributed by atoms with E-state index in [2.05, 4.69) is 32.9 Å². The van der Waals surface area contributed by atoms with Gasteiger partial charge in [0.05, 0.1) is 5.92 Å². The number of hydrogen-bond acceptors (Lipinski definition) is 2. The van der Waals surface area contributed by atoms with Crippen LogP contribution < -0.4 is 0 Å². The average Bonchev–Trinajstić information content (AvgIpc) is 2.66. The van der Waals surface area contributed by atoms with E-state index in [1.54, 1.807) is 0 Å². The van der Waals surface area contributed by atoms with Crippen LogP contribution in [0.1, 0.15) is 59.3 Å². The van der Waals surface area contributed by atoms with Crippen LogP contribution in [0.4, 0.5) is 0 Å². The van der Waals surface area contributed by atoms with Gasteiger partial charge in [-0.05, 0) is 39.5 Å². The van der Waals surface area contributed by atoms with Gasteiger partial charge in [0, 0.05) is 12.8 Å². The molecule has 0 N–H and O–H groups in total. The first-order valence-electron chi connectivity index (χ1n) is 6.91. The molecule has 0 heterocycles. The lowest BCUT2D eigenvalue weighted by molar-refractivity contribution is -0.126. The molecule has 0 bridgehead atoms. The molecule has 0 aromatic carbocycles. The summed E-state index contributed by atoms with van der Waals surface area (Å²) in [6, 6.07) is 0. The second-order valence-electron chi connectivity index (χ2n) is 5.21. The van der Waals surface area contributed by atoms with Gasteiger partial charge in [0.1, 0.15) is 11.6 Å². The Hall–Kier alpha value is -1.18. The first-order chi connectivity index (χ1) is 8.54. The van der Waals surface area contributed by atoms with Crippen molar-refractivity contribution in [2.75, 3.05) is 0 Å². The number of allylic oxidation sites excluding steroid dienone is 4.